The second-order valence-corrected chi connectivity index (χ2v) is 16.9. The number of rotatable bonds is 9. The molecule has 0 saturated heterocycles. The summed E-state index contributed by atoms with van der Waals surface area (Å²) in [4.78, 5) is 2.44. The van der Waals surface area contributed by atoms with Crippen molar-refractivity contribution in [3.63, 3.8) is 0 Å². The Labute approximate surface area is 385 Å². The van der Waals surface area contributed by atoms with Gasteiger partial charge in [-0.25, -0.2) is 0 Å². The van der Waals surface area contributed by atoms with Gasteiger partial charge in [-0.1, -0.05) is 206 Å². The van der Waals surface area contributed by atoms with Gasteiger partial charge in [0, 0.05) is 33.4 Å². The molecule has 2 heteroatoms. The first-order valence-electron chi connectivity index (χ1n) is 22.7. The van der Waals surface area contributed by atoms with Gasteiger partial charge in [0.25, 0.3) is 0 Å². The van der Waals surface area contributed by atoms with Gasteiger partial charge in [-0.3, -0.25) is 0 Å². The normalized spacial score (nSPS) is 11.3. The Balaban J connectivity index is 1.00. The molecule has 11 aromatic carbocycles. The zero-order valence-corrected chi connectivity index (χ0v) is 36.3. The number of nitrogens with zero attached hydrogens (tertiary/aromatic N) is 2. The zero-order chi connectivity index (χ0) is 43.8. The van der Waals surface area contributed by atoms with Gasteiger partial charge in [0.2, 0.25) is 0 Å². The predicted molar refractivity (Wildman–Crippen MR) is 280 cm³/mol. The molecule has 0 fully saturated rings. The molecule has 0 saturated carbocycles. The topological polar surface area (TPSA) is 8.17 Å². The molecule has 1 heterocycles. The second-order valence-electron chi connectivity index (χ2n) is 16.9. The van der Waals surface area contributed by atoms with Gasteiger partial charge in [0.1, 0.15) is 0 Å². The van der Waals surface area contributed by atoms with Gasteiger partial charge in [-0.2, -0.15) is 0 Å². The standard InChI is InChI=1S/C64H44N2/c1-3-18-49(19-4-1)55-23-9-10-24-56(55)57-25-11-12-26-58(57)59-27-13-15-29-62(59)65(54-41-42-64-61(44-54)60-28-14-16-30-63(60)66(64)52-21-5-2-6-22-52)53-39-37-47(38-40-53)46-31-33-48(34-32-46)51-36-35-45-17-7-8-20-50(45)43-51/h1-44H. The molecule has 0 aliphatic rings. The van der Waals surface area contributed by atoms with Gasteiger partial charge in [-0.15, -0.1) is 0 Å². The van der Waals surface area contributed by atoms with Crippen molar-refractivity contribution in [1.82, 2.24) is 4.57 Å². The fraction of sp³-hybridized carbons (Fsp3) is 0. The van der Waals surface area contributed by atoms with E-state index in [0.717, 1.165) is 28.3 Å². The first kappa shape index (κ1) is 38.9. The first-order valence-corrected chi connectivity index (χ1v) is 22.7. The summed E-state index contributed by atoms with van der Waals surface area (Å²) >= 11 is 0. The maximum Gasteiger partial charge on any atom is 0.0542 e. The van der Waals surface area contributed by atoms with Crippen LogP contribution < -0.4 is 4.90 Å². The molecule has 0 N–H and O–H groups in total. The third-order valence-electron chi connectivity index (χ3n) is 13.0. The number of anilines is 3. The summed E-state index contributed by atoms with van der Waals surface area (Å²) in [5.74, 6) is 0. The van der Waals surface area contributed by atoms with Crippen molar-refractivity contribution in [3.05, 3.63) is 267 Å². The van der Waals surface area contributed by atoms with Crippen molar-refractivity contribution in [2.24, 2.45) is 0 Å². The van der Waals surface area contributed by atoms with E-state index in [9.17, 15) is 0 Å². The Bertz CT molecular complexity index is 3680. The van der Waals surface area contributed by atoms with Crippen LogP contribution >= 0.6 is 0 Å². The number of para-hydroxylation sites is 3. The predicted octanol–water partition coefficient (Wildman–Crippen LogP) is 17.7. The van der Waals surface area contributed by atoms with Crippen molar-refractivity contribution in [1.29, 1.82) is 0 Å². The fourth-order valence-corrected chi connectivity index (χ4v) is 9.85. The molecule has 1 aromatic heterocycles. The lowest BCUT2D eigenvalue weighted by Crippen LogP contribution is -2.11. The van der Waals surface area contributed by atoms with Gasteiger partial charge in [-0.05, 0) is 122 Å². The second kappa shape index (κ2) is 16.8. The van der Waals surface area contributed by atoms with Gasteiger partial charge < -0.3 is 9.47 Å². The molecule has 0 aliphatic carbocycles. The van der Waals surface area contributed by atoms with Crippen molar-refractivity contribution in [3.8, 4) is 61.3 Å². The molecule has 12 rings (SSSR count). The average Bonchev–Trinajstić information content (AvgIpc) is 3.73. The largest absolute Gasteiger partial charge is 0.310 e. The van der Waals surface area contributed by atoms with Crippen LogP contribution in [0.3, 0.4) is 0 Å². The number of hydrogen-bond acceptors (Lipinski definition) is 1. The number of aromatic nitrogens is 1. The summed E-state index contributed by atoms with van der Waals surface area (Å²) in [5.41, 5.74) is 18.7. The van der Waals surface area contributed by atoms with Gasteiger partial charge in [0.05, 0.1) is 16.7 Å². The van der Waals surface area contributed by atoms with Gasteiger partial charge >= 0.3 is 0 Å². The van der Waals surface area contributed by atoms with Crippen LogP contribution in [0, 0.1) is 0 Å². The summed E-state index contributed by atoms with van der Waals surface area (Å²) < 4.78 is 2.38. The molecular formula is C64H44N2. The number of benzene rings is 11. The van der Waals surface area contributed by atoms with E-state index in [1.165, 1.54) is 82.6 Å². The molecule has 0 radical (unpaired) electrons. The molecule has 2 nitrogen and oxygen atoms in total. The summed E-state index contributed by atoms with van der Waals surface area (Å²) in [6, 6.07) is 96.9. The van der Waals surface area contributed by atoms with E-state index in [2.05, 4.69) is 276 Å². The SMILES string of the molecule is c1ccc(-c2ccccc2-c2ccccc2-c2ccccc2N(c2ccc(-c3ccc(-c4ccc5ccccc5c4)cc3)cc2)c2ccc3c(c2)c2ccccc2n3-c2ccccc2)cc1. The van der Waals surface area contributed by atoms with Crippen LogP contribution in [0.1, 0.15) is 0 Å². The van der Waals surface area contributed by atoms with E-state index < -0.39 is 0 Å². The molecule has 0 unspecified atom stereocenters. The van der Waals surface area contributed by atoms with Crippen molar-refractivity contribution in [2.45, 2.75) is 0 Å². The summed E-state index contributed by atoms with van der Waals surface area (Å²) in [6.07, 6.45) is 0. The molecule has 12 aromatic rings. The van der Waals surface area contributed by atoms with Crippen molar-refractivity contribution in [2.75, 3.05) is 4.90 Å². The molecule has 310 valence electrons. The lowest BCUT2D eigenvalue weighted by molar-refractivity contribution is 1.18. The van der Waals surface area contributed by atoms with Gasteiger partial charge in [0.15, 0.2) is 0 Å². The maximum atomic E-state index is 2.44. The third-order valence-corrected chi connectivity index (χ3v) is 13.0. The van der Waals surface area contributed by atoms with E-state index in [1.807, 2.05) is 0 Å². The minimum Gasteiger partial charge on any atom is -0.310 e. The lowest BCUT2D eigenvalue weighted by atomic mass is 9.88. The quantitative estimate of drug-likeness (QED) is 0.141. The summed E-state index contributed by atoms with van der Waals surface area (Å²) in [5, 5.41) is 4.93. The number of fused-ring (bicyclic) bond motifs is 4. The minimum atomic E-state index is 1.08. The molecule has 0 spiro atoms. The van der Waals surface area contributed by atoms with E-state index in [-0.39, 0.29) is 0 Å². The molecule has 0 atom stereocenters. The molecule has 0 bridgehead atoms. The number of hydrogen-bond donors (Lipinski definition) is 0. The Morgan fingerprint density at radius 3 is 1.47 bits per heavy atom. The van der Waals surface area contributed by atoms with Crippen LogP contribution in [0.4, 0.5) is 17.1 Å². The molecule has 0 aliphatic heterocycles. The van der Waals surface area contributed by atoms with Crippen molar-refractivity contribution < 1.29 is 0 Å². The molecule has 0 amide bonds. The Kier molecular flexibility index (Phi) is 9.89. The highest BCUT2D eigenvalue weighted by atomic mass is 15.1. The maximum absolute atomic E-state index is 2.44. The molecular weight excluding hydrogens is 797 g/mol. The third kappa shape index (κ3) is 7.02. The van der Waals surface area contributed by atoms with E-state index >= 15 is 0 Å². The first-order chi connectivity index (χ1) is 32.7. The fourth-order valence-electron chi connectivity index (χ4n) is 9.85. The zero-order valence-electron chi connectivity index (χ0n) is 36.3. The Morgan fingerprint density at radius 2 is 0.742 bits per heavy atom. The van der Waals surface area contributed by atoms with E-state index in [4.69, 9.17) is 0 Å². The van der Waals surface area contributed by atoms with Crippen LogP contribution in [-0.2, 0) is 0 Å². The van der Waals surface area contributed by atoms with Crippen LogP contribution in [0.15, 0.2) is 267 Å². The monoisotopic (exact) mass is 840 g/mol. The smallest absolute Gasteiger partial charge is 0.0542 e. The van der Waals surface area contributed by atoms with E-state index in [1.54, 1.807) is 0 Å². The Hall–Kier alpha value is -8.72. The highest BCUT2D eigenvalue weighted by molar-refractivity contribution is 6.11. The highest BCUT2D eigenvalue weighted by Crippen LogP contribution is 2.46. The average molecular weight is 841 g/mol. The van der Waals surface area contributed by atoms with Crippen LogP contribution in [0.5, 0.6) is 0 Å². The van der Waals surface area contributed by atoms with Crippen LogP contribution in [0.25, 0.3) is 93.9 Å². The summed E-state index contributed by atoms with van der Waals surface area (Å²) in [7, 11) is 0. The summed E-state index contributed by atoms with van der Waals surface area (Å²) in [6.45, 7) is 0. The van der Waals surface area contributed by atoms with Crippen molar-refractivity contribution >= 4 is 49.6 Å². The lowest BCUT2D eigenvalue weighted by Gasteiger charge is -2.29. The van der Waals surface area contributed by atoms with Crippen LogP contribution in [0.2, 0.25) is 0 Å². The van der Waals surface area contributed by atoms with E-state index in [0.29, 0.717) is 0 Å². The molecule has 66 heavy (non-hydrogen) atoms. The Morgan fingerprint density at radius 1 is 0.258 bits per heavy atom. The highest BCUT2D eigenvalue weighted by Gasteiger charge is 2.22. The minimum absolute atomic E-state index is 1.08. The van der Waals surface area contributed by atoms with Crippen LogP contribution in [-0.4, -0.2) is 4.57 Å².